The summed E-state index contributed by atoms with van der Waals surface area (Å²) in [6.07, 6.45) is 4.41. The standard InChI is InChI=1S/C11H12ClF/c1-9-5-6-10(11(13)8-9)4-2-3-7-12/h2,4-6,8H,3,7H2,1H3. The van der Waals surface area contributed by atoms with Crippen LogP contribution in [-0.4, -0.2) is 5.88 Å². The maximum absolute atomic E-state index is 13.2. The van der Waals surface area contributed by atoms with Gasteiger partial charge in [0.25, 0.3) is 0 Å². The molecule has 0 aliphatic heterocycles. The Balaban J connectivity index is 2.77. The molecule has 70 valence electrons. The summed E-state index contributed by atoms with van der Waals surface area (Å²) in [6, 6.07) is 5.19. The highest BCUT2D eigenvalue weighted by Crippen LogP contribution is 2.11. The second-order valence-electron chi connectivity index (χ2n) is 2.90. The van der Waals surface area contributed by atoms with Crippen LogP contribution in [0.15, 0.2) is 24.3 Å². The molecule has 0 saturated carbocycles. The second kappa shape index (κ2) is 5.03. The van der Waals surface area contributed by atoms with Crippen molar-refractivity contribution >= 4 is 17.7 Å². The number of hydrogen-bond donors (Lipinski definition) is 0. The van der Waals surface area contributed by atoms with Gasteiger partial charge in [-0.15, -0.1) is 11.6 Å². The molecule has 0 saturated heterocycles. The molecule has 13 heavy (non-hydrogen) atoms. The van der Waals surface area contributed by atoms with Crippen LogP contribution >= 0.6 is 11.6 Å². The lowest BCUT2D eigenvalue weighted by Gasteiger charge is -1.97. The average Bonchev–Trinajstić information content (AvgIpc) is 2.09. The predicted octanol–water partition coefficient (Wildman–Crippen LogP) is 3.78. The molecular formula is C11H12ClF. The zero-order chi connectivity index (χ0) is 9.68. The Labute approximate surface area is 83.0 Å². The van der Waals surface area contributed by atoms with Crippen molar-refractivity contribution in [3.8, 4) is 0 Å². The number of alkyl halides is 1. The molecule has 0 spiro atoms. The first-order chi connectivity index (χ1) is 6.24. The minimum Gasteiger partial charge on any atom is -0.206 e. The first kappa shape index (κ1) is 10.3. The zero-order valence-electron chi connectivity index (χ0n) is 7.56. The number of hydrogen-bond acceptors (Lipinski definition) is 0. The Morgan fingerprint density at radius 1 is 1.46 bits per heavy atom. The van der Waals surface area contributed by atoms with Crippen molar-refractivity contribution in [2.45, 2.75) is 13.3 Å². The van der Waals surface area contributed by atoms with E-state index in [-0.39, 0.29) is 5.82 Å². The van der Waals surface area contributed by atoms with E-state index in [9.17, 15) is 4.39 Å². The molecule has 0 bridgehead atoms. The lowest BCUT2D eigenvalue weighted by atomic mass is 10.1. The van der Waals surface area contributed by atoms with Crippen LogP contribution in [0.3, 0.4) is 0 Å². The van der Waals surface area contributed by atoms with E-state index in [0.717, 1.165) is 12.0 Å². The largest absolute Gasteiger partial charge is 0.206 e. The zero-order valence-corrected chi connectivity index (χ0v) is 8.31. The molecule has 0 unspecified atom stereocenters. The maximum atomic E-state index is 13.2. The summed E-state index contributed by atoms with van der Waals surface area (Å²) in [4.78, 5) is 0. The van der Waals surface area contributed by atoms with Gasteiger partial charge in [0.05, 0.1) is 0 Å². The van der Waals surface area contributed by atoms with Crippen molar-refractivity contribution < 1.29 is 4.39 Å². The van der Waals surface area contributed by atoms with Crippen LogP contribution in [0.1, 0.15) is 17.5 Å². The van der Waals surface area contributed by atoms with E-state index in [2.05, 4.69) is 0 Å². The van der Waals surface area contributed by atoms with E-state index in [4.69, 9.17) is 11.6 Å². The monoisotopic (exact) mass is 198 g/mol. The summed E-state index contributed by atoms with van der Waals surface area (Å²) in [5, 5.41) is 0. The molecule has 0 fully saturated rings. The van der Waals surface area contributed by atoms with Crippen molar-refractivity contribution in [1.82, 2.24) is 0 Å². The molecule has 0 aliphatic carbocycles. The van der Waals surface area contributed by atoms with Crippen LogP contribution in [0.2, 0.25) is 0 Å². The summed E-state index contributed by atoms with van der Waals surface area (Å²) in [7, 11) is 0. The van der Waals surface area contributed by atoms with Crippen molar-refractivity contribution in [2.24, 2.45) is 0 Å². The van der Waals surface area contributed by atoms with Gasteiger partial charge in [0.1, 0.15) is 5.82 Å². The Morgan fingerprint density at radius 3 is 2.85 bits per heavy atom. The topological polar surface area (TPSA) is 0 Å². The summed E-state index contributed by atoms with van der Waals surface area (Å²) in [6.45, 7) is 1.87. The minimum absolute atomic E-state index is 0.175. The fourth-order valence-electron chi connectivity index (χ4n) is 1.04. The number of allylic oxidation sites excluding steroid dienone is 1. The van der Waals surface area contributed by atoms with Crippen LogP contribution in [0.5, 0.6) is 0 Å². The Hall–Kier alpha value is -0.820. The molecule has 0 aromatic heterocycles. The Bertz CT molecular complexity index is 305. The molecule has 1 aromatic carbocycles. The van der Waals surface area contributed by atoms with Gasteiger partial charge in [-0.25, -0.2) is 4.39 Å². The highest BCUT2D eigenvalue weighted by atomic mass is 35.5. The molecule has 0 radical (unpaired) electrons. The molecule has 1 aromatic rings. The average molecular weight is 199 g/mol. The predicted molar refractivity (Wildman–Crippen MR) is 55.5 cm³/mol. The Morgan fingerprint density at radius 2 is 2.23 bits per heavy atom. The molecule has 0 amide bonds. The fourth-order valence-corrected chi connectivity index (χ4v) is 1.17. The van der Waals surface area contributed by atoms with Gasteiger partial charge < -0.3 is 0 Å². The molecule has 0 heterocycles. The van der Waals surface area contributed by atoms with Gasteiger partial charge >= 0.3 is 0 Å². The van der Waals surface area contributed by atoms with Crippen LogP contribution in [-0.2, 0) is 0 Å². The van der Waals surface area contributed by atoms with Gasteiger partial charge in [-0.2, -0.15) is 0 Å². The van der Waals surface area contributed by atoms with Crippen molar-refractivity contribution in [3.05, 3.63) is 41.2 Å². The van der Waals surface area contributed by atoms with Gasteiger partial charge in [-0.1, -0.05) is 24.3 Å². The summed E-state index contributed by atoms with van der Waals surface area (Å²) in [5.74, 6) is 0.398. The normalized spacial score (nSPS) is 11.0. The summed E-state index contributed by atoms with van der Waals surface area (Å²) < 4.78 is 13.2. The number of rotatable bonds is 3. The van der Waals surface area contributed by atoms with Crippen LogP contribution < -0.4 is 0 Å². The van der Waals surface area contributed by atoms with Gasteiger partial charge in [0.2, 0.25) is 0 Å². The lowest BCUT2D eigenvalue weighted by Crippen LogP contribution is -1.83. The van der Waals surface area contributed by atoms with Crippen molar-refractivity contribution in [1.29, 1.82) is 0 Å². The SMILES string of the molecule is Cc1ccc(C=CCCCl)c(F)c1. The summed E-state index contributed by atoms with van der Waals surface area (Å²) in [5.41, 5.74) is 1.56. The van der Waals surface area contributed by atoms with Gasteiger partial charge in [-0.05, 0) is 25.0 Å². The van der Waals surface area contributed by atoms with E-state index in [0.29, 0.717) is 11.4 Å². The minimum atomic E-state index is -0.175. The molecular weight excluding hydrogens is 187 g/mol. The third-order valence-corrected chi connectivity index (χ3v) is 1.95. The summed E-state index contributed by atoms with van der Waals surface area (Å²) >= 11 is 5.49. The number of halogens is 2. The highest BCUT2D eigenvalue weighted by molar-refractivity contribution is 6.17. The van der Waals surface area contributed by atoms with E-state index in [1.807, 2.05) is 19.1 Å². The van der Waals surface area contributed by atoms with E-state index in [1.165, 1.54) is 6.07 Å². The van der Waals surface area contributed by atoms with Gasteiger partial charge in [-0.3, -0.25) is 0 Å². The molecule has 0 nitrogen and oxygen atoms in total. The smallest absolute Gasteiger partial charge is 0.130 e. The highest BCUT2D eigenvalue weighted by Gasteiger charge is 1.96. The first-order valence-electron chi connectivity index (χ1n) is 4.22. The fraction of sp³-hybridized carbons (Fsp3) is 0.273. The van der Waals surface area contributed by atoms with Crippen LogP contribution in [0.4, 0.5) is 4.39 Å². The Kier molecular flexibility index (Phi) is 3.97. The molecule has 0 aliphatic rings. The van der Waals surface area contributed by atoms with Gasteiger partial charge in [0, 0.05) is 11.4 Å². The van der Waals surface area contributed by atoms with E-state index in [1.54, 1.807) is 12.1 Å². The first-order valence-corrected chi connectivity index (χ1v) is 4.76. The molecule has 1 rings (SSSR count). The third-order valence-electron chi connectivity index (χ3n) is 1.73. The molecule has 2 heteroatoms. The third kappa shape index (κ3) is 3.19. The van der Waals surface area contributed by atoms with Crippen molar-refractivity contribution in [3.63, 3.8) is 0 Å². The maximum Gasteiger partial charge on any atom is 0.130 e. The van der Waals surface area contributed by atoms with Gasteiger partial charge in [0.15, 0.2) is 0 Å². The quantitative estimate of drug-likeness (QED) is 0.649. The van der Waals surface area contributed by atoms with Crippen molar-refractivity contribution in [2.75, 3.05) is 5.88 Å². The number of aryl methyl sites for hydroxylation is 1. The van der Waals surface area contributed by atoms with Crippen LogP contribution in [0, 0.1) is 12.7 Å². The molecule has 0 N–H and O–H groups in total. The second-order valence-corrected chi connectivity index (χ2v) is 3.28. The van der Waals surface area contributed by atoms with E-state index >= 15 is 0 Å². The lowest BCUT2D eigenvalue weighted by molar-refractivity contribution is 0.624. The number of benzene rings is 1. The van der Waals surface area contributed by atoms with E-state index < -0.39 is 0 Å². The van der Waals surface area contributed by atoms with Crippen LogP contribution in [0.25, 0.3) is 6.08 Å². The molecule has 0 atom stereocenters.